The van der Waals surface area contributed by atoms with E-state index in [4.69, 9.17) is 9.47 Å². The molecule has 5 heteroatoms. The van der Waals surface area contributed by atoms with Crippen LogP contribution in [0.2, 0.25) is 0 Å². The van der Waals surface area contributed by atoms with Gasteiger partial charge in [0.05, 0.1) is 23.5 Å². The van der Waals surface area contributed by atoms with Crippen LogP contribution in [-0.2, 0) is 9.47 Å². The van der Waals surface area contributed by atoms with E-state index in [1.807, 2.05) is 14.0 Å². The summed E-state index contributed by atoms with van der Waals surface area (Å²) in [5, 5.41) is 3.33. The van der Waals surface area contributed by atoms with Gasteiger partial charge in [0.1, 0.15) is 0 Å². The molecule has 0 radical (unpaired) electrons. The molecule has 1 aromatic heterocycles. The molecule has 0 amide bonds. The summed E-state index contributed by atoms with van der Waals surface area (Å²) in [6, 6.07) is 0.0510. The highest BCUT2D eigenvalue weighted by Gasteiger charge is 2.42. The van der Waals surface area contributed by atoms with Gasteiger partial charge < -0.3 is 14.8 Å². The molecular weight excluding hydrogens is 230 g/mol. The van der Waals surface area contributed by atoms with Crippen molar-refractivity contribution in [3.05, 3.63) is 24.3 Å². The molecule has 1 aromatic rings. The lowest BCUT2D eigenvalue weighted by Gasteiger charge is -2.42. The highest BCUT2D eigenvalue weighted by Crippen LogP contribution is 2.36. The van der Waals surface area contributed by atoms with Crippen molar-refractivity contribution in [3.63, 3.8) is 0 Å². The minimum absolute atomic E-state index is 0.0510. The fraction of sp³-hybridized carbons (Fsp3) is 0.692. The van der Waals surface area contributed by atoms with Crippen LogP contribution in [0, 0.1) is 0 Å². The second-order valence-corrected chi connectivity index (χ2v) is 4.46. The topological polar surface area (TPSA) is 56.3 Å². The number of aromatic nitrogens is 2. The summed E-state index contributed by atoms with van der Waals surface area (Å²) in [4.78, 5) is 8.56. The van der Waals surface area contributed by atoms with E-state index in [-0.39, 0.29) is 11.6 Å². The SMILES string of the molecule is CCOC1(C(NC)c2cnccn2)CCOCC1. The molecule has 1 aliphatic heterocycles. The van der Waals surface area contributed by atoms with Crippen LogP contribution in [-0.4, -0.2) is 42.4 Å². The summed E-state index contributed by atoms with van der Waals surface area (Å²) in [6.45, 7) is 4.19. The standard InChI is InChI=1S/C13H21N3O2/c1-3-18-13(4-8-17-9-5-13)12(14-2)11-10-15-6-7-16-11/h6-7,10,12,14H,3-5,8-9H2,1-2H3. The quantitative estimate of drug-likeness (QED) is 0.855. The number of hydrogen-bond acceptors (Lipinski definition) is 5. The number of likely N-dealkylation sites (N-methyl/N-ethyl adjacent to an activating group) is 1. The van der Waals surface area contributed by atoms with Crippen molar-refractivity contribution < 1.29 is 9.47 Å². The van der Waals surface area contributed by atoms with Crippen LogP contribution in [0.3, 0.4) is 0 Å². The molecule has 1 saturated heterocycles. The van der Waals surface area contributed by atoms with E-state index in [2.05, 4.69) is 15.3 Å². The van der Waals surface area contributed by atoms with E-state index in [1.54, 1.807) is 18.6 Å². The van der Waals surface area contributed by atoms with E-state index in [0.29, 0.717) is 6.61 Å². The number of rotatable bonds is 5. The maximum Gasteiger partial charge on any atom is 0.0935 e. The van der Waals surface area contributed by atoms with Crippen molar-refractivity contribution in [2.24, 2.45) is 0 Å². The average molecular weight is 251 g/mol. The first-order chi connectivity index (χ1) is 8.82. The maximum absolute atomic E-state index is 6.07. The molecule has 0 bridgehead atoms. The van der Waals surface area contributed by atoms with Gasteiger partial charge in [-0.25, -0.2) is 0 Å². The number of nitrogens with one attached hydrogen (secondary N) is 1. The third kappa shape index (κ3) is 2.68. The number of ether oxygens (including phenoxy) is 2. The maximum atomic E-state index is 6.07. The van der Waals surface area contributed by atoms with Crippen LogP contribution in [0.25, 0.3) is 0 Å². The zero-order valence-electron chi connectivity index (χ0n) is 11.1. The molecule has 1 unspecified atom stereocenters. The van der Waals surface area contributed by atoms with E-state index >= 15 is 0 Å². The highest BCUT2D eigenvalue weighted by molar-refractivity contribution is 5.11. The largest absolute Gasteiger partial charge is 0.381 e. The molecule has 2 rings (SSSR count). The first kappa shape index (κ1) is 13.4. The minimum Gasteiger partial charge on any atom is -0.381 e. The Labute approximate surface area is 108 Å². The monoisotopic (exact) mass is 251 g/mol. The third-order valence-electron chi connectivity index (χ3n) is 3.46. The van der Waals surface area contributed by atoms with Crippen LogP contribution < -0.4 is 5.32 Å². The summed E-state index contributed by atoms with van der Waals surface area (Å²) < 4.78 is 11.5. The average Bonchev–Trinajstić information content (AvgIpc) is 2.42. The number of hydrogen-bond donors (Lipinski definition) is 1. The van der Waals surface area contributed by atoms with Gasteiger partial charge in [-0.15, -0.1) is 0 Å². The van der Waals surface area contributed by atoms with Gasteiger partial charge in [0.2, 0.25) is 0 Å². The predicted molar refractivity (Wildman–Crippen MR) is 68.2 cm³/mol. The van der Waals surface area contributed by atoms with E-state index in [1.165, 1.54) is 0 Å². The van der Waals surface area contributed by atoms with Gasteiger partial charge in [0, 0.05) is 45.1 Å². The zero-order chi connectivity index (χ0) is 12.8. The van der Waals surface area contributed by atoms with Crippen LogP contribution in [0.5, 0.6) is 0 Å². The van der Waals surface area contributed by atoms with E-state index < -0.39 is 0 Å². The van der Waals surface area contributed by atoms with E-state index in [9.17, 15) is 0 Å². The molecule has 2 heterocycles. The third-order valence-corrected chi connectivity index (χ3v) is 3.46. The molecule has 1 aliphatic rings. The molecule has 1 N–H and O–H groups in total. The van der Waals surface area contributed by atoms with Gasteiger partial charge >= 0.3 is 0 Å². The fourth-order valence-electron chi connectivity index (χ4n) is 2.66. The normalized spacial score (nSPS) is 20.6. The lowest BCUT2D eigenvalue weighted by atomic mass is 9.84. The predicted octanol–water partition coefficient (Wildman–Crippen LogP) is 1.32. The van der Waals surface area contributed by atoms with Crippen molar-refractivity contribution in [3.8, 4) is 0 Å². The smallest absolute Gasteiger partial charge is 0.0935 e. The molecule has 0 saturated carbocycles. The lowest BCUT2D eigenvalue weighted by Crippen LogP contribution is -2.49. The Hall–Kier alpha value is -1.04. The van der Waals surface area contributed by atoms with Gasteiger partial charge in [-0.2, -0.15) is 0 Å². The van der Waals surface area contributed by atoms with Crippen molar-refractivity contribution >= 4 is 0 Å². The molecule has 1 fully saturated rings. The van der Waals surface area contributed by atoms with Crippen molar-refractivity contribution in [1.82, 2.24) is 15.3 Å². The molecule has 1 atom stereocenters. The molecule has 18 heavy (non-hydrogen) atoms. The zero-order valence-corrected chi connectivity index (χ0v) is 11.1. The Morgan fingerprint density at radius 3 is 2.78 bits per heavy atom. The fourth-order valence-corrected chi connectivity index (χ4v) is 2.66. The van der Waals surface area contributed by atoms with Gasteiger partial charge in [-0.1, -0.05) is 0 Å². The van der Waals surface area contributed by atoms with E-state index in [0.717, 1.165) is 31.7 Å². The minimum atomic E-state index is -0.238. The lowest BCUT2D eigenvalue weighted by molar-refractivity contribution is -0.127. The van der Waals surface area contributed by atoms with Crippen molar-refractivity contribution in [2.45, 2.75) is 31.4 Å². The molecular formula is C13H21N3O2. The summed E-state index contributed by atoms with van der Waals surface area (Å²) in [5.41, 5.74) is 0.688. The molecule has 100 valence electrons. The second kappa shape index (κ2) is 6.22. The summed E-state index contributed by atoms with van der Waals surface area (Å²) >= 11 is 0. The van der Waals surface area contributed by atoms with Crippen LogP contribution in [0.15, 0.2) is 18.6 Å². The molecule has 0 aromatic carbocycles. The Balaban J connectivity index is 2.27. The summed E-state index contributed by atoms with van der Waals surface area (Å²) in [6.07, 6.45) is 6.97. The molecule has 5 nitrogen and oxygen atoms in total. The Morgan fingerprint density at radius 2 is 2.22 bits per heavy atom. The Kier molecular flexibility index (Phi) is 4.63. The van der Waals surface area contributed by atoms with Crippen LogP contribution >= 0.6 is 0 Å². The van der Waals surface area contributed by atoms with Crippen LogP contribution in [0.1, 0.15) is 31.5 Å². The number of nitrogens with zero attached hydrogens (tertiary/aromatic N) is 2. The highest BCUT2D eigenvalue weighted by atomic mass is 16.5. The van der Waals surface area contributed by atoms with Crippen molar-refractivity contribution in [1.29, 1.82) is 0 Å². The molecule has 0 aliphatic carbocycles. The summed E-state index contributed by atoms with van der Waals surface area (Å²) in [7, 11) is 1.94. The van der Waals surface area contributed by atoms with Crippen molar-refractivity contribution in [2.75, 3.05) is 26.9 Å². The van der Waals surface area contributed by atoms with Gasteiger partial charge in [-0.05, 0) is 14.0 Å². The van der Waals surface area contributed by atoms with Gasteiger partial charge in [0.15, 0.2) is 0 Å². The van der Waals surface area contributed by atoms with Gasteiger partial charge in [-0.3, -0.25) is 9.97 Å². The molecule has 0 spiro atoms. The Bertz CT molecular complexity index is 347. The van der Waals surface area contributed by atoms with Crippen LogP contribution in [0.4, 0.5) is 0 Å². The van der Waals surface area contributed by atoms with Gasteiger partial charge in [0.25, 0.3) is 0 Å². The Morgan fingerprint density at radius 1 is 1.44 bits per heavy atom. The second-order valence-electron chi connectivity index (χ2n) is 4.46. The first-order valence-corrected chi connectivity index (χ1v) is 6.47. The first-order valence-electron chi connectivity index (χ1n) is 6.47. The summed E-state index contributed by atoms with van der Waals surface area (Å²) in [5.74, 6) is 0.